The van der Waals surface area contributed by atoms with Gasteiger partial charge in [0.05, 0.1) is 32.4 Å². The van der Waals surface area contributed by atoms with Gasteiger partial charge in [0.25, 0.3) is 0 Å². The van der Waals surface area contributed by atoms with Crippen molar-refractivity contribution in [2.45, 2.75) is 6.04 Å². The highest BCUT2D eigenvalue weighted by atomic mass is 16.5. The van der Waals surface area contributed by atoms with Gasteiger partial charge in [-0.05, 0) is 0 Å². The minimum Gasteiger partial charge on any atom is -0.394 e. The van der Waals surface area contributed by atoms with Crippen molar-refractivity contribution >= 4 is 0 Å². The van der Waals surface area contributed by atoms with E-state index in [0.29, 0.717) is 19.8 Å². The van der Waals surface area contributed by atoms with Crippen LogP contribution in [0.3, 0.4) is 0 Å². The molecule has 4 nitrogen and oxygen atoms in total. The lowest BCUT2D eigenvalue weighted by Gasteiger charge is -2.29. The minimum atomic E-state index is -0.126. The van der Waals surface area contributed by atoms with Gasteiger partial charge in [-0.3, -0.25) is 0 Å². The third kappa shape index (κ3) is 1.38. The first-order valence-corrected chi connectivity index (χ1v) is 3.23. The summed E-state index contributed by atoms with van der Waals surface area (Å²) in [6.45, 7) is 1.64. The van der Waals surface area contributed by atoms with Gasteiger partial charge in [0.1, 0.15) is 0 Å². The average Bonchev–Trinajstić information content (AvgIpc) is 2.04. The van der Waals surface area contributed by atoms with Crippen molar-refractivity contribution in [1.29, 1.82) is 5.26 Å². The first-order valence-electron chi connectivity index (χ1n) is 3.23. The Morgan fingerprint density at radius 2 is 2.60 bits per heavy atom. The highest BCUT2D eigenvalue weighted by Gasteiger charge is 2.20. The molecule has 0 amide bonds. The molecule has 1 unspecified atom stereocenters. The molecule has 56 valence electrons. The molecule has 1 aliphatic heterocycles. The van der Waals surface area contributed by atoms with Gasteiger partial charge in [-0.2, -0.15) is 5.26 Å². The van der Waals surface area contributed by atoms with Crippen molar-refractivity contribution in [3.8, 4) is 6.19 Å². The summed E-state index contributed by atoms with van der Waals surface area (Å²) >= 11 is 0. The van der Waals surface area contributed by atoms with Crippen LogP contribution in [0.25, 0.3) is 0 Å². The number of rotatable bonds is 1. The maximum atomic E-state index is 8.72. The van der Waals surface area contributed by atoms with Crippen LogP contribution < -0.4 is 0 Å². The van der Waals surface area contributed by atoms with Gasteiger partial charge in [-0.15, -0.1) is 0 Å². The molecule has 1 aliphatic rings. The molecule has 0 saturated carbocycles. The van der Waals surface area contributed by atoms with E-state index >= 15 is 0 Å². The fourth-order valence-electron chi connectivity index (χ4n) is 0.938. The van der Waals surface area contributed by atoms with Crippen LogP contribution in [0.15, 0.2) is 0 Å². The van der Waals surface area contributed by atoms with Gasteiger partial charge in [0.2, 0.25) is 0 Å². The molecule has 0 aliphatic carbocycles. The largest absolute Gasteiger partial charge is 0.394 e. The monoisotopic (exact) mass is 142 g/mol. The van der Waals surface area contributed by atoms with Crippen LogP contribution in [0, 0.1) is 11.5 Å². The molecular weight excluding hydrogens is 132 g/mol. The quantitative estimate of drug-likeness (QED) is 0.485. The van der Waals surface area contributed by atoms with Crippen LogP contribution >= 0.6 is 0 Å². The zero-order chi connectivity index (χ0) is 7.40. The lowest BCUT2D eigenvalue weighted by molar-refractivity contribution is -0.00111. The summed E-state index contributed by atoms with van der Waals surface area (Å²) in [6, 6.07) is -0.126. The van der Waals surface area contributed by atoms with Crippen molar-refractivity contribution in [1.82, 2.24) is 4.90 Å². The molecule has 0 bridgehead atoms. The number of morpholine rings is 1. The third-order valence-electron chi connectivity index (χ3n) is 1.57. The van der Waals surface area contributed by atoms with E-state index in [9.17, 15) is 0 Å². The summed E-state index contributed by atoms with van der Waals surface area (Å²) in [5.74, 6) is 0. The Morgan fingerprint density at radius 1 is 1.80 bits per heavy atom. The molecule has 1 saturated heterocycles. The van der Waals surface area contributed by atoms with Crippen LogP contribution in [0.2, 0.25) is 0 Å². The maximum Gasteiger partial charge on any atom is 0.179 e. The Bertz CT molecular complexity index is 143. The number of hydrogen-bond donors (Lipinski definition) is 1. The molecule has 0 aromatic carbocycles. The molecule has 4 heteroatoms. The van der Waals surface area contributed by atoms with Gasteiger partial charge in [-0.25, -0.2) is 0 Å². The van der Waals surface area contributed by atoms with E-state index in [4.69, 9.17) is 15.1 Å². The molecule has 1 N–H and O–H groups in total. The first kappa shape index (κ1) is 7.32. The van der Waals surface area contributed by atoms with Gasteiger partial charge < -0.3 is 14.7 Å². The Balaban J connectivity index is 2.44. The van der Waals surface area contributed by atoms with Gasteiger partial charge >= 0.3 is 0 Å². The summed E-state index contributed by atoms with van der Waals surface area (Å²) in [6.07, 6.45) is 2.00. The fourth-order valence-corrected chi connectivity index (χ4v) is 0.938. The summed E-state index contributed by atoms with van der Waals surface area (Å²) in [4.78, 5) is 1.55. The topological polar surface area (TPSA) is 56.5 Å². The van der Waals surface area contributed by atoms with Crippen LogP contribution in [0.4, 0.5) is 0 Å². The second kappa shape index (κ2) is 3.40. The van der Waals surface area contributed by atoms with Crippen molar-refractivity contribution in [3.63, 3.8) is 0 Å². The predicted molar refractivity (Wildman–Crippen MR) is 34.0 cm³/mol. The van der Waals surface area contributed by atoms with E-state index in [2.05, 4.69) is 0 Å². The minimum absolute atomic E-state index is 0.00639. The van der Waals surface area contributed by atoms with Crippen LogP contribution in [-0.4, -0.2) is 42.4 Å². The number of nitriles is 1. The molecule has 0 spiro atoms. The lowest BCUT2D eigenvalue weighted by atomic mass is 10.2. The predicted octanol–water partition coefficient (Wildman–Crippen LogP) is -0.839. The van der Waals surface area contributed by atoms with E-state index in [1.54, 1.807) is 4.90 Å². The normalized spacial score (nSPS) is 26.0. The molecule has 1 fully saturated rings. The van der Waals surface area contributed by atoms with Gasteiger partial charge in [-0.1, -0.05) is 0 Å². The molecule has 1 heterocycles. The Kier molecular flexibility index (Phi) is 2.49. The lowest BCUT2D eigenvalue weighted by Crippen LogP contribution is -2.44. The van der Waals surface area contributed by atoms with Gasteiger partial charge in [0.15, 0.2) is 6.19 Å². The molecule has 0 radical (unpaired) electrons. The number of nitrogens with zero attached hydrogens (tertiary/aromatic N) is 2. The molecule has 0 aromatic heterocycles. The van der Waals surface area contributed by atoms with E-state index in [1.165, 1.54) is 0 Å². The molecule has 1 rings (SSSR count). The van der Waals surface area contributed by atoms with E-state index < -0.39 is 0 Å². The molecule has 0 aromatic rings. The maximum absolute atomic E-state index is 8.72. The van der Waals surface area contributed by atoms with Crippen LogP contribution in [0.5, 0.6) is 0 Å². The molecular formula is C6H10N2O2. The van der Waals surface area contributed by atoms with E-state index in [-0.39, 0.29) is 12.6 Å². The zero-order valence-corrected chi connectivity index (χ0v) is 5.66. The summed E-state index contributed by atoms with van der Waals surface area (Å²) in [5.41, 5.74) is 0. The smallest absolute Gasteiger partial charge is 0.179 e. The molecule has 10 heavy (non-hydrogen) atoms. The molecule has 1 atom stereocenters. The van der Waals surface area contributed by atoms with Crippen LogP contribution in [-0.2, 0) is 4.74 Å². The van der Waals surface area contributed by atoms with Crippen molar-refractivity contribution < 1.29 is 9.84 Å². The zero-order valence-electron chi connectivity index (χ0n) is 5.66. The second-order valence-corrected chi connectivity index (χ2v) is 2.20. The Morgan fingerprint density at radius 3 is 3.10 bits per heavy atom. The average molecular weight is 142 g/mol. The summed E-state index contributed by atoms with van der Waals surface area (Å²) < 4.78 is 5.05. The number of aliphatic hydroxyl groups is 1. The Hall–Kier alpha value is -0.790. The fraction of sp³-hybridized carbons (Fsp3) is 0.833. The third-order valence-corrected chi connectivity index (χ3v) is 1.57. The number of aliphatic hydroxyl groups excluding tert-OH is 1. The van der Waals surface area contributed by atoms with Crippen molar-refractivity contribution in [2.24, 2.45) is 0 Å². The van der Waals surface area contributed by atoms with Gasteiger partial charge in [0, 0.05) is 0 Å². The summed E-state index contributed by atoms with van der Waals surface area (Å²) in [7, 11) is 0. The first-order chi connectivity index (χ1) is 4.88. The highest BCUT2D eigenvalue weighted by molar-refractivity contribution is 4.84. The summed E-state index contributed by atoms with van der Waals surface area (Å²) in [5, 5.41) is 17.2. The SMILES string of the molecule is N#CN1CCOCC1CO. The standard InChI is InChI=1S/C6H10N2O2/c7-5-8-1-2-10-4-6(8)3-9/h6,9H,1-4H2. The highest BCUT2D eigenvalue weighted by Crippen LogP contribution is 2.03. The number of ether oxygens (including phenoxy) is 1. The second-order valence-electron chi connectivity index (χ2n) is 2.20. The number of hydrogen-bond acceptors (Lipinski definition) is 4. The van der Waals surface area contributed by atoms with Crippen molar-refractivity contribution in [3.05, 3.63) is 0 Å². The Labute approximate surface area is 59.6 Å². The van der Waals surface area contributed by atoms with E-state index in [0.717, 1.165) is 0 Å². The van der Waals surface area contributed by atoms with E-state index in [1.807, 2.05) is 6.19 Å². The van der Waals surface area contributed by atoms with Crippen molar-refractivity contribution in [2.75, 3.05) is 26.4 Å². The van der Waals surface area contributed by atoms with Crippen LogP contribution in [0.1, 0.15) is 0 Å².